The van der Waals surface area contributed by atoms with Crippen LogP contribution in [0.25, 0.3) is 0 Å². The van der Waals surface area contributed by atoms with Crippen LogP contribution in [0, 0.1) is 6.92 Å². The topological polar surface area (TPSA) is 44.4 Å². The predicted octanol–water partition coefficient (Wildman–Crippen LogP) is 3.66. The fraction of sp³-hybridized carbons (Fsp3) is 0.316. The summed E-state index contributed by atoms with van der Waals surface area (Å²) in [6, 6.07) is 15.9. The van der Waals surface area contributed by atoms with Crippen LogP contribution in [0.4, 0.5) is 5.69 Å². The molecule has 0 saturated carbocycles. The zero-order chi connectivity index (χ0) is 16.9. The van der Waals surface area contributed by atoms with E-state index < -0.39 is 0 Å². The number of halogens is 2. The SMILES string of the molecule is Cc1ccccc1NC(=O)CN1CCNCC1c1cccc(Cl)c1.Cl. The zero-order valence-electron chi connectivity index (χ0n) is 14.2. The molecular weight excluding hydrogens is 357 g/mol. The van der Waals surface area contributed by atoms with E-state index in [-0.39, 0.29) is 24.4 Å². The summed E-state index contributed by atoms with van der Waals surface area (Å²) in [4.78, 5) is 14.7. The molecule has 1 heterocycles. The Hall–Kier alpha value is -1.59. The van der Waals surface area contributed by atoms with Crippen LogP contribution in [0.15, 0.2) is 48.5 Å². The Bertz CT molecular complexity index is 723. The number of amides is 1. The molecule has 3 rings (SSSR count). The molecule has 1 aliphatic rings. The summed E-state index contributed by atoms with van der Waals surface area (Å²) >= 11 is 6.12. The number of nitrogens with zero attached hydrogens (tertiary/aromatic N) is 1. The van der Waals surface area contributed by atoms with Gasteiger partial charge in [0.1, 0.15) is 0 Å². The van der Waals surface area contributed by atoms with Crippen molar-refractivity contribution in [2.24, 2.45) is 0 Å². The molecule has 1 aliphatic heterocycles. The number of nitrogens with one attached hydrogen (secondary N) is 2. The Morgan fingerprint density at radius 2 is 2.08 bits per heavy atom. The van der Waals surface area contributed by atoms with Gasteiger partial charge in [0.05, 0.1) is 6.54 Å². The van der Waals surface area contributed by atoms with Gasteiger partial charge in [-0.1, -0.05) is 41.9 Å². The fourth-order valence-electron chi connectivity index (χ4n) is 3.07. The lowest BCUT2D eigenvalue weighted by atomic mass is 10.0. The average Bonchev–Trinajstić information content (AvgIpc) is 2.57. The van der Waals surface area contributed by atoms with Crippen molar-refractivity contribution < 1.29 is 4.79 Å². The smallest absolute Gasteiger partial charge is 0.238 e. The molecule has 2 N–H and O–H groups in total. The van der Waals surface area contributed by atoms with Crippen molar-refractivity contribution in [2.45, 2.75) is 13.0 Å². The molecule has 0 aliphatic carbocycles. The Kier molecular flexibility index (Phi) is 7.26. The van der Waals surface area contributed by atoms with E-state index in [0.717, 1.165) is 41.5 Å². The van der Waals surface area contributed by atoms with Crippen LogP contribution in [-0.2, 0) is 4.79 Å². The molecule has 0 spiro atoms. The number of benzene rings is 2. The van der Waals surface area contributed by atoms with E-state index >= 15 is 0 Å². The molecule has 1 fully saturated rings. The van der Waals surface area contributed by atoms with Crippen molar-refractivity contribution in [3.63, 3.8) is 0 Å². The number of piperazine rings is 1. The van der Waals surface area contributed by atoms with E-state index in [1.807, 2.05) is 49.4 Å². The number of anilines is 1. The van der Waals surface area contributed by atoms with Crippen LogP contribution in [-0.4, -0.2) is 37.0 Å². The first-order valence-corrected chi connectivity index (χ1v) is 8.57. The van der Waals surface area contributed by atoms with Crippen LogP contribution in [0.2, 0.25) is 5.02 Å². The van der Waals surface area contributed by atoms with Crippen molar-refractivity contribution in [3.8, 4) is 0 Å². The van der Waals surface area contributed by atoms with Crippen molar-refractivity contribution >= 4 is 35.6 Å². The summed E-state index contributed by atoms with van der Waals surface area (Å²) in [7, 11) is 0. The van der Waals surface area contributed by atoms with Crippen molar-refractivity contribution in [2.75, 3.05) is 31.5 Å². The monoisotopic (exact) mass is 379 g/mol. The van der Waals surface area contributed by atoms with Crippen LogP contribution < -0.4 is 10.6 Å². The molecular formula is C19H23Cl2N3O. The lowest BCUT2D eigenvalue weighted by Gasteiger charge is -2.36. The largest absolute Gasteiger partial charge is 0.325 e. The van der Waals surface area contributed by atoms with E-state index in [4.69, 9.17) is 11.6 Å². The summed E-state index contributed by atoms with van der Waals surface area (Å²) in [6.07, 6.45) is 0. The molecule has 1 unspecified atom stereocenters. The molecule has 0 aromatic heterocycles. The minimum Gasteiger partial charge on any atom is -0.325 e. The number of carbonyl (C=O) groups is 1. The molecule has 1 atom stereocenters. The maximum atomic E-state index is 12.5. The van der Waals surface area contributed by atoms with Crippen LogP contribution >= 0.6 is 24.0 Å². The molecule has 2 aromatic carbocycles. The molecule has 2 aromatic rings. The van der Waals surface area contributed by atoms with Gasteiger partial charge in [-0.3, -0.25) is 9.69 Å². The third-order valence-electron chi connectivity index (χ3n) is 4.35. The standard InChI is InChI=1S/C19H22ClN3O.ClH/c1-14-5-2-3-8-17(14)22-19(24)13-23-10-9-21-12-18(23)15-6-4-7-16(20)11-15;/h2-8,11,18,21H,9-10,12-13H2,1H3,(H,22,24);1H. The summed E-state index contributed by atoms with van der Waals surface area (Å²) in [5.41, 5.74) is 3.08. The summed E-state index contributed by atoms with van der Waals surface area (Å²) in [6.45, 7) is 4.90. The van der Waals surface area contributed by atoms with Gasteiger partial charge in [-0.2, -0.15) is 0 Å². The number of aryl methyl sites for hydroxylation is 1. The highest BCUT2D eigenvalue weighted by Gasteiger charge is 2.25. The molecule has 0 bridgehead atoms. The van der Waals surface area contributed by atoms with Crippen LogP contribution in [0.3, 0.4) is 0 Å². The third kappa shape index (κ3) is 5.19. The predicted molar refractivity (Wildman–Crippen MR) is 106 cm³/mol. The maximum absolute atomic E-state index is 12.5. The fourth-order valence-corrected chi connectivity index (χ4v) is 3.26. The Morgan fingerprint density at radius 1 is 1.28 bits per heavy atom. The number of rotatable bonds is 4. The number of para-hydroxylation sites is 1. The van der Waals surface area contributed by atoms with Gasteiger partial charge in [-0.25, -0.2) is 0 Å². The Morgan fingerprint density at radius 3 is 2.84 bits per heavy atom. The van der Waals surface area contributed by atoms with Gasteiger partial charge in [-0.05, 0) is 36.2 Å². The molecule has 25 heavy (non-hydrogen) atoms. The van der Waals surface area contributed by atoms with Crippen molar-refractivity contribution in [1.29, 1.82) is 0 Å². The summed E-state index contributed by atoms with van der Waals surface area (Å²) in [5.74, 6) is 0.0122. The first kappa shape index (κ1) is 19.7. The maximum Gasteiger partial charge on any atom is 0.238 e. The second kappa shape index (κ2) is 9.20. The van der Waals surface area contributed by atoms with Gasteiger partial charge in [0.25, 0.3) is 0 Å². The number of carbonyl (C=O) groups excluding carboxylic acids is 1. The first-order chi connectivity index (χ1) is 11.6. The molecule has 1 amide bonds. The minimum atomic E-state index is 0. The Labute approximate surface area is 160 Å². The minimum absolute atomic E-state index is 0. The van der Waals surface area contributed by atoms with E-state index in [0.29, 0.717) is 6.54 Å². The normalized spacial score (nSPS) is 17.6. The van der Waals surface area contributed by atoms with Crippen molar-refractivity contribution in [3.05, 3.63) is 64.7 Å². The van der Waals surface area contributed by atoms with E-state index in [9.17, 15) is 4.79 Å². The van der Waals surface area contributed by atoms with Crippen molar-refractivity contribution in [1.82, 2.24) is 10.2 Å². The highest BCUT2D eigenvalue weighted by atomic mass is 35.5. The summed E-state index contributed by atoms with van der Waals surface area (Å²) < 4.78 is 0. The third-order valence-corrected chi connectivity index (χ3v) is 4.59. The number of hydrogen-bond acceptors (Lipinski definition) is 3. The molecule has 1 saturated heterocycles. The van der Waals surface area contributed by atoms with Crippen LogP contribution in [0.1, 0.15) is 17.2 Å². The van der Waals surface area contributed by atoms with Gasteiger partial charge in [0, 0.05) is 36.4 Å². The lowest BCUT2D eigenvalue weighted by molar-refractivity contribution is -0.118. The van der Waals surface area contributed by atoms with Gasteiger partial charge < -0.3 is 10.6 Å². The number of hydrogen-bond donors (Lipinski definition) is 2. The van der Waals surface area contributed by atoms with Crippen LogP contribution in [0.5, 0.6) is 0 Å². The quantitative estimate of drug-likeness (QED) is 0.851. The second-order valence-corrected chi connectivity index (χ2v) is 6.54. The first-order valence-electron chi connectivity index (χ1n) is 8.19. The lowest BCUT2D eigenvalue weighted by Crippen LogP contribution is -2.48. The highest BCUT2D eigenvalue weighted by Crippen LogP contribution is 2.24. The molecule has 6 heteroatoms. The van der Waals surface area contributed by atoms with Gasteiger partial charge >= 0.3 is 0 Å². The highest BCUT2D eigenvalue weighted by molar-refractivity contribution is 6.30. The molecule has 0 radical (unpaired) electrons. The van der Waals surface area contributed by atoms with E-state index in [1.165, 1.54) is 0 Å². The zero-order valence-corrected chi connectivity index (χ0v) is 15.7. The van der Waals surface area contributed by atoms with Gasteiger partial charge in [0.2, 0.25) is 5.91 Å². The average molecular weight is 380 g/mol. The second-order valence-electron chi connectivity index (χ2n) is 6.11. The molecule has 134 valence electrons. The van der Waals surface area contributed by atoms with E-state index in [2.05, 4.69) is 21.6 Å². The van der Waals surface area contributed by atoms with Gasteiger partial charge in [0.15, 0.2) is 0 Å². The summed E-state index contributed by atoms with van der Waals surface area (Å²) in [5, 5.41) is 7.14. The molecule has 4 nitrogen and oxygen atoms in total. The van der Waals surface area contributed by atoms with E-state index in [1.54, 1.807) is 0 Å². The Balaban J connectivity index is 0.00000225. The van der Waals surface area contributed by atoms with Gasteiger partial charge in [-0.15, -0.1) is 12.4 Å².